The van der Waals surface area contributed by atoms with Gasteiger partial charge in [-0.05, 0) is 46.5 Å². The van der Waals surface area contributed by atoms with E-state index in [1.807, 2.05) is 59.3 Å². The van der Waals surface area contributed by atoms with Gasteiger partial charge in [0.05, 0.1) is 5.57 Å². The van der Waals surface area contributed by atoms with Gasteiger partial charge in [-0.2, -0.15) is 0 Å². The Labute approximate surface area is 172 Å². The topological polar surface area (TPSA) is 55.4 Å². The van der Waals surface area contributed by atoms with Crippen molar-refractivity contribution in [3.05, 3.63) is 74.6 Å². The molecule has 0 saturated carbocycles. The monoisotopic (exact) mass is 411 g/mol. The molecule has 0 saturated heterocycles. The molecule has 3 rings (SSSR count). The standard InChI is InChI=1S/C22H21NO3S2/c1-15(2)17-8-3-4-9-19(17)23-21(24)14-26-22(25)18(20-10-6-12-28-20)13-16-7-5-11-27-16/h3-13,15H,14H2,1-2H3,(H,23,24)/b18-13+. The quantitative estimate of drug-likeness (QED) is 0.403. The Morgan fingerprint density at radius 2 is 1.79 bits per heavy atom. The first-order valence-electron chi connectivity index (χ1n) is 8.89. The minimum Gasteiger partial charge on any atom is -0.452 e. The van der Waals surface area contributed by atoms with Crippen LogP contribution in [0.15, 0.2) is 59.3 Å². The Hall–Kier alpha value is -2.70. The second-order valence-corrected chi connectivity index (χ2v) is 8.34. The largest absolute Gasteiger partial charge is 0.452 e. The van der Waals surface area contributed by atoms with Gasteiger partial charge in [-0.1, -0.05) is 44.2 Å². The third-order valence-corrected chi connectivity index (χ3v) is 5.75. The van der Waals surface area contributed by atoms with E-state index in [0.29, 0.717) is 5.57 Å². The van der Waals surface area contributed by atoms with E-state index in [1.54, 1.807) is 6.08 Å². The van der Waals surface area contributed by atoms with Crippen molar-refractivity contribution in [2.45, 2.75) is 19.8 Å². The van der Waals surface area contributed by atoms with Crippen molar-refractivity contribution in [3.63, 3.8) is 0 Å². The maximum absolute atomic E-state index is 12.6. The predicted molar refractivity (Wildman–Crippen MR) is 117 cm³/mol. The highest BCUT2D eigenvalue weighted by Gasteiger charge is 2.17. The van der Waals surface area contributed by atoms with Crippen LogP contribution in [-0.2, 0) is 14.3 Å². The first-order chi connectivity index (χ1) is 13.5. The number of amides is 1. The molecule has 1 N–H and O–H groups in total. The van der Waals surface area contributed by atoms with Crippen molar-refractivity contribution < 1.29 is 14.3 Å². The highest BCUT2D eigenvalue weighted by atomic mass is 32.1. The average Bonchev–Trinajstić information content (AvgIpc) is 3.38. The van der Waals surface area contributed by atoms with E-state index >= 15 is 0 Å². The second kappa shape index (κ2) is 9.48. The van der Waals surface area contributed by atoms with Crippen LogP contribution in [-0.4, -0.2) is 18.5 Å². The zero-order chi connectivity index (χ0) is 19.9. The van der Waals surface area contributed by atoms with Crippen LogP contribution in [0, 0.1) is 0 Å². The summed E-state index contributed by atoms with van der Waals surface area (Å²) in [5.74, 6) is -0.593. The molecule has 28 heavy (non-hydrogen) atoms. The molecule has 3 aromatic rings. The van der Waals surface area contributed by atoms with Crippen LogP contribution in [0.1, 0.15) is 35.1 Å². The first kappa shape index (κ1) is 20.0. The van der Waals surface area contributed by atoms with E-state index < -0.39 is 5.97 Å². The Morgan fingerprint density at radius 3 is 2.46 bits per heavy atom. The van der Waals surface area contributed by atoms with Gasteiger partial charge in [0, 0.05) is 15.4 Å². The third kappa shape index (κ3) is 5.18. The third-order valence-electron chi connectivity index (χ3n) is 4.03. The number of carbonyl (C=O) groups is 2. The molecule has 2 aromatic heterocycles. The Morgan fingerprint density at radius 1 is 1.04 bits per heavy atom. The fourth-order valence-electron chi connectivity index (χ4n) is 2.69. The molecule has 2 heterocycles. The van der Waals surface area contributed by atoms with E-state index in [9.17, 15) is 9.59 Å². The molecule has 0 fully saturated rings. The lowest BCUT2D eigenvalue weighted by atomic mass is 10.0. The molecule has 1 aromatic carbocycles. The van der Waals surface area contributed by atoms with E-state index in [2.05, 4.69) is 19.2 Å². The van der Waals surface area contributed by atoms with Crippen molar-refractivity contribution in [3.8, 4) is 0 Å². The van der Waals surface area contributed by atoms with Crippen LogP contribution >= 0.6 is 22.7 Å². The van der Waals surface area contributed by atoms with Gasteiger partial charge in [-0.3, -0.25) is 4.79 Å². The summed E-state index contributed by atoms with van der Waals surface area (Å²) >= 11 is 3.00. The minimum atomic E-state index is -0.511. The number of carbonyl (C=O) groups excluding carboxylic acids is 2. The number of hydrogen-bond donors (Lipinski definition) is 1. The molecule has 0 aliphatic carbocycles. The van der Waals surface area contributed by atoms with Gasteiger partial charge in [0.2, 0.25) is 0 Å². The van der Waals surface area contributed by atoms with Crippen LogP contribution < -0.4 is 5.32 Å². The fourth-order valence-corrected chi connectivity index (χ4v) is 4.07. The Kier molecular flexibility index (Phi) is 6.79. The molecule has 144 valence electrons. The summed E-state index contributed by atoms with van der Waals surface area (Å²) in [6.45, 7) is 3.79. The van der Waals surface area contributed by atoms with Crippen LogP contribution in [0.4, 0.5) is 5.69 Å². The van der Waals surface area contributed by atoms with Crippen molar-refractivity contribution in [1.29, 1.82) is 0 Å². The average molecular weight is 412 g/mol. The summed E-state index contributed by atoms with van der Waals surface area (Å²) in [4.78, 5) is 26.7. The molecule has 0 unspecified atom stereocenters. The number of thiophene rings is 2. The molecular weight excluding hydrogens is 390 g/mol. The van der Waals surface area contributed by atoms with E-state index in [-0.39, 0.29) is 18.4 Å². The van der Waals surface area contributed by atoms with Crippen LogP contribution in [0.25, 0.3) is 11.6 Å². The van der Waals surface area contributed by atoms with Crippen molar-refractivity contribution in [2.24, 2.45) is 0 Å². The molecule has 1 amide bonds. The zero-order valence-corrected chi connectivity index (χ0v) is 17.3. The van der Waals surface area contributed by atoms with Crippen LogP contribution in [0.3, 0.4) is 0 Å². The summed E-state index contributed by atoms with van der Waals surface area (Å²) in [6, 6.07) is 15.2. The summed E-state index contributed by atoms with van der Waals surface area (Å²) in [7, 11) is 0. The molecule has 4 nitrogen and oxygen atoms in total. The molecular formula is C22H21NO3S2. The lowest BCUT2D eigenvalue weighted by molar-refractivity contribution is -0.141. The smallest absolute Gasteiger partial charge is 0.340 e. The zero-order valence-electron chi connectivity index (χ0n) is 15.7. The van der Waals surface area contributed by atoms with E-state index in [4.69, 9.17) is 4.74 Å². The van der Waals surface area contributed by atoms with Gasteiger partial charge in [0.1, 0.15) is 0 Å². The SMILES string of the molecule is CC(C)c1ccccc1NC(=O)COC(=O)/C(=C/c1cccs1)c1cccs1. The summed E-state index contributed by atoms with van der Waals surface area (Å²) in [5, 5.41) is 6.69. The van der Waals surface area contributed by atoms with E-state index in [0.717, 1.165) is 21.0 Å². The normalized spacial score (nSPS) is 11.5. The minimum absolute atomic E-state index is 0.276. The number of esters is 1. The molecule has 0 aliphatic rings. The fraction of sp³-hybridized carbons (Fsp3) is 0.182. The lowest BCUT2D eigenvalue weighted by Gasteiger charge is -2.14. The molecule has 0 atom stereocenters. The summed E-state index contributed by atoms with van der Waals surface area (Å²) in [5.41, 5.74) is 2.23. The van der Waals surface area contributed by atoms with Gasteiger partial charge >= 0.3 is 5.97 Å². The van der Waals surface area contributed by atoms with E-state index in [1.165, 1.54) is 22.7 Å². The van der Waals surface area contributed by atoms with Gasteiger partial charge in [0.25, 0.3) is 5.91 Å². The number of hydrogen-bond acceptors (Lipinski definition) is 5. The second-order valence-electron chi connectivity index (χ2n) is 6.42. The number of benzene rings is 1. The van der Waals surface area contributed by atoms with Gasteiger partial charge in [0.15, 0.2) is 6.61 Å². The van der Waals surface area contributed by atoms with Gasteiger partial charge in [-0.15, -0.1) is 22.7 Å². The highest BCUT2D eigenvalue weighted by molar-refractivity contribution is 7.12. The van der Waals surface area contributed by atoms with Crippen molar-refractivity contribution >= 4 is 51.9 Å². The van der Waals surface area contributed by atoms with Crippen molar-refractivity contribution in [2.75, 3.05) is 11.9 Å². The predicted octanol–water partition coefficient (Wildman–Crippen LogP) is 5.66. The lowest BCUT2D eigenvalue weighted by Crippen LogP contribution is -2.22. The van der Waals surface area contributed by atoms with Crippen molar-refractivity contribution in [1.82, 2.24) is 0 Å². The molecule has 0 radical (unpaired) electrons. The van der Waals surface area contributed by atoms with Crippen LogP contribution in [0.2, 0.25) is 0 Å². The first-order valence-corrected chi connectivity index (χ1v) is 10.7. The molecule has 0 bridgehead atoms. The Balaban J connectivity index is 1.67. The Bertz CT molecular complexity index is 958. The highest BCUT2D eigenvalue weighted by Crippen LogP contribution is 2.26. The number of rotatable bonds is 7. The summed E-state index contributed by atoms with van der Waals surface area (Å²) < 4.78 is 5.30. The number of ether oxygens (including phenoxy) is 1. The van der Waals surface area contributed by atoms with Crippen LogP contribution in [0.5, 0.6) is 0 Å². The molecule has 0 spiro atoms. The van der Waals surface area contributed by atoms with Gasteiger partial charge < -0.3 is 10.1 Å². The van der Waals surface area contributed by atoms with Gasteiger partial charge in [-0.25, -0.2) is 4.79 Å². The maximum atomic E-state index is 12.6. The number of para-hydroxylation sites is 1. The number of anilines is 1. The maximum Gasteiger partial charge on any atom is 0.340 e. The molecule has 6 heteroatoms. The number of nitrogens with one attached hydrogen (secondary N) is 1. The summed E-state index contributed by atoms with van der Waals surface area (Å²) in [6.07, 6.45) is 1.80. The molecule has 0 aliphatic heterocycles.